The average molecular weight is 423 g/mol. The van der Waals surface area contributed by atoms with Crippen molar-refractivity contribution >= 4 is 38.8 Å². The minimum atomic E-state index is 0.324. The molecule has 1 unspecified atom stereocenters. The summed E-state index contributed by atoms with van der Waals surface area (Å²) in [7, 11) is 0. The number of aromatic nitrogens is 2. The Hall–Kier alpha value is -2.51. The lowest BCUT2D eigenvalue weighted by molar-refractivity contribution is -0.119. The number of morpholine rings is 1. The maximum atomic E-state index is 12.7. The molecule has 0 N–H and O–H groups in total. The van der Waals surface area contributed by atoms with Crippen molar-refractivity contribution in [1.29, 1.82) is 0 Å². The lowest BCUT2D eigenvalue weighted by Gasteiger charge is -2.28. The second kappa shape index (κ2) is 8.70. The molecule has 0 radical (unpaired) electrons. The number of hydrogen-bond donors (Lipinski definition) is 0. The zero-order valence-electron chi connectivity index (χ0n) is 17.0. The molecule has 0 bridgehead atoms. The summed E-state index contributed by atoms with van der Waals surface area (Å²) in [6.07, 6.45) is 3.84. The van der Waals surface area contributed by atoms with Crippen molar-refractivity contribution < 1.29 is 9.53 Å². The van der Waals surface area contributed by atoms with Crippen molar-refractivity contribution in [2.45, 2.75) is 19.3 Å². The number of benzene rings is 1. The van der Waals surface area contributed by atoms with E-state index in [9.17, 15) is 4.79 Å². The summed E-state index contributed by atoms with van der Waals surface area (Å²) in [6, 6.07) is 10.5. The zero-order chi connectivity index (χ0) is 20.3. The molecule has 0 aliphatic carbocycles. The van der Waals surface area contributed by atoms with Gasteiger partial charge in [0.25, 0.3) is 0 Å². The summed E-state index contributed by atoms with van der Waals surface area (Å²) >= 11 is 1.69. The van der Waals surface area contributed by atoms with Gasteiger partial charge in [-0.2, -0.15) is 0 Å². The van der Waals surface area contributed by atoms with Crippen LogP contribution in [-0.2, 0) is 16.0 Å². The standard InChI is InChI=1S/C23H26N4O2S/c28-20(13-17-1-3-19(4-2-17)26-8-10-29-11-9-26)14-18-5-7-27(15-18)23-22-21(6-12-30-22)24-16-25-23/h1-4,6,12,16,18H,5,7-11,13-15H2. The van der Waals surface area contributed by atoms with Crippen molar-refractivity contribution in [1.82, 2.24) is 9.97 Å². The zero-order valence-corrected chi connectivity index (χ0v) is 17.8. The van der Waals surface area contributed by atoms with E-state index in [1.165, 1.54) is 5.69 Å². The molecular formula is C23H26N4O2S. The van der Waals surface area contributed by atoms with Crippen LogP contribution >= 0.6 is 11.3 Å². The normalized spacial score (nSPS) is 19.5. The lowest BCUT2D eigenvalue weighted by Crippen LogP contribution is -2.36. The van der Waals surface area contributed by atoms with Gasteiger partial charge in [-0.05, 0) is 41.5 Å². The highest BCUT2D eigenvalue weighted by Crippen LogP contribution is 2.32. The fourth-order valence-corrected chi connectivity index (χ4v) is 5.32. The van der Waals surface area contributed by atoms with Gasteiger partial charge in [-0.3, -0.25) is 4.79 Å². The number of carbonyl (C=O) groups excluding carboxylic acids is 1. The predicted molar refractivity (Wildman–Crippen MR) is 121 cm³/mol. The molecule has 6 nitrogen and oxygen atoms in total. The van der Waals surface area contributed by atoms with Crippen molar-refractivity contribution in [2.24, 2.45) is 5.92 Å². The Morgan fingerprint density at radius 1 is 1.07 bits per heavy atom. The molecule has 30 heavy (non-hydrogen) atoms. The maximum Gasteiger partial charge on any atom is 0.150 e. The summed E-state index contributed by atoms with van der Waals surface area (Å²) in [5.41, 5.74) is 3.32. The van der Waals surface area contributed by atoms with E-state index in [2.05, 4.69) is 49.4 Å². The molecule has 2 aliphatic heterocycles. The molecule has 1 atom stereocenters. The Bertz CT molecular complexity index is 1010. The highest BCUT2D eigenvalue weighted by atomic mass is 32.1. The third-order valence-electron chi connectivity index (χ3n) is 6.04. The van der Waals surface area contributed by atoms with Crippen LogP contribution in [0.1, 0.15) is 18.4 Å². The first-order valence-electron chi connectivity index (χ1n) is 10.6. The van der Waals surface area contributed by atoms with Crippen molar-refractivity contribution in [3.05, 3.63) is 47.6 Å². The monoisotopic (exact) mass is 422 g/mol. The fraction of sp³-hybridized carbons (Fsp3) is 0.435. The van der Waals surface area contributed by atoms with Crippen LogP contribution < -0.4 is 9.80 Å². The largest absolute Gasteiger partial charge is 0.378 e. The number of thiophene rings is 1. The molecular weight excluding hydrogens is 396 g/mol. The Morgan fingerprint density at radius 2 is 1.90 bits per heavy atom. The van der Waals surface area contributed by atoms with Gasteiger partial charge in [0.05, 0.1) is 23.4 Å². The minimum Gasteiger partial charge on any atom is -0.378 e. The second-order valence-corrected chi connectivity index (χ2v) is 9.03. The van der Waals surface area contributed by atoms with Crippen LogP contribution in [-0.4, -0.2) is 55.1 Å². The van der Waals surface area contributed by atoms with E-state index in [1.807, 2.05) is 6.07 Å². The van der Waals surface area contributed by atoms with Crippen molar-refractivity contribution in [3.63, 3.8) is 0 Å². The van der Waals surface area contributed by atoms with Crippen molar-refractivity contribution in [3.8, 4) is 0 Å². The number of anilines is 2. The summed E-state index contributed by atoms with van der Waals surface area (Å²) in [6.45, 7) is 5.28. The summed E-state index contributed by atoms with van der Waals surface area (Å²) < 4.78 is 6.56. The van der Waals surface area contributed by atoms with Gasteiger partial charge < -0.3 is 14.5 Å². The maximum absolute atomic E-state index is 12.7. The summed E-state index contributed by atoms with van der Waals surface area (Å²) in [5.74, 6) is 1.74. The van der Waals surface area contributed by atoms with Crippen LogP contribution in [0.2, 0.25) is 0 Å². The average Bonchev–Trinajstić information content (AvgIpc) is 3.44. The second-order valence-electron chi connectivity index (χ2n) is 8.12. The topological polar surface area (TPSA) is 58.6 Å². The molecule has 0 saturated carbocycles. The highest BCUT2D eigenvalue weighted by molar-refractivity contribution is 7.17. The first kappa shape index (κ1) is 19.5. The van der Waals surface area contributed by atoms with Gasteiger partial charge in [0, 0.05) is 44.7 Å². The van der Waals surface area contributed by atoms with Crippen molar-refractivity contribution in [2.75, 3.05) is 49.2 Å². The van der Waals surface area contributed by atoms with E-state index in [1.54, 1.807) is 17.7 Å². The van der Waals surface area contributed by atoms with E-state index in [-0.39, 0.29) is 0 Å². The molecule has 156 valence electrons. The van der Waals surface area contributed by atoms with Crippen LogP contribution in [0, 0.1) is 5.92 Å². The first-order valence-corrected chi connectivity index (χ1v) is 11.5. The number of hydrogen-bond acceptors (Lipinski definition) is 7. The number of ether oxygens (including phenoxy) is 1. The number of fused-ring (bicyclic) bond motifs is 1. The lowest BCUT2D eigenvalue weighted by atomic mass is 9.97. The van der Waals surface area contributed by atoms with Gasteiger partial charge >= 0.3 is 0 Å². The predicted octanol–water partition coefficient (Wildman–Crippen LogP) is 3.56. The quantitative estimate of drug-likeness (QED) is 0.605. The Balaban J connectivity index is 1.16. The van der Waals surface area contributed by atoms with Gasteiger partial charge in [-0.1, -0.05) is 12.1 Å². The number of nitrogens with zero attached hydrogens (tertiary/aromatic N) is 4. The number of rotatable bonds is 6. The molecule has 2 aliphatic rings. The van der Waals surface area contributed by atoms with E-state index in [0.29, 0.717) is 24.5 Å². The molecule has 0 amide bonds. The van der Waals surface area contributed by atoms with Gasteiger partial charge in [-0.15, -0.1) is 11.3 Å². The molecule has 7 heteroatoms. The van der Waals surface area contributed by atoms with Crippen LogP contribution in [0.5, 0.6) is 0 Å². The van der Waals surface area contributed by atoms with Crippen LogP contribution in [0.3, 0.4) is 0 Å². The first-order chi connectivity index (χ1) is 14.8. The minimum absolute atomic E-state index is 0.324. The van der Waals surface area contributed by atoms with Gasteiger partial charge in [0.2, 0.25) is 0 Å². The van der Waals surface area contributed by atoms with Crippen LogP contribution in [0.25, 0.3) is 10.2 Å². The molecule has 3 aromatic rings. The number of ketones is 1. The third-order valence-corrected chi connectivity index (χ3v) is 6.94. The smallest absolute Gasteiger partial charge is 0.150 e. The summed E-state index contributed by atoms with van der Waals surface area (Å²) in [4.78, 5) is 26.2. The van der Waals surface area contributed by atoms with E-state index >= 15 is 0 Å². The SMILES string of the molecule is O=C(Cc1ccc(N2CCOCC2)cc1)CC1CCN(c2ncnc3ccsc23)C1. The Labute approximate surface area is 180 Å². The van der Waals surface area contributed by atoms with Crippen LogP contribution in [0.4, 0.5) is 11.5 Å². The van der Waals surface area contributed by atoms with Gasteiger partial charge in [0.1, 0.15) is 17.9 Å². The highest BCUT2D eigenvalue weighted by Gasteiger charge is 2.27. The fourth-order valence-electron chi connectivity index (χ4n) is 4.46. The number of Topliss-reactive ketones (excluding diaryl/α,β-unsaturated/α-hetero) is 1. The Kier molecular flexibility index (Phi) is 5.64. The molecule has 4 heterocycles. The molecule has 0 spiro atoms. The molecule has 2 aromatic heterocycles. The molecule has 2 saturated heterocycles. The molecule has 1 aromatic carbocycles. The number of carbonyl (C=O) groups is 1. The van der Waals surface area contributed by atoms with E-state index < -0.39 is 0 Å². The Morgan fingerprint density at radius 3 is 2.73 bits per heavy atom. The molecule has 5 rings (SSSR count). The van der Waals surface area contributed by atoms with Gasteiger partial charge in [-0.25, -0.2) is 9.97 Å². The summed E-state index contributed by atoms with van der Waals surface area (Å²) in [5, 5.41) is 2.06. The third kappa shape index (κ3) is 4.18. The van der Waals surface area contributed by atoms with Crippen LogP contribution in [0.15, 0.2) is 42.0 Å². The van der Waals surface area contributed by atoms with Gasteiger partial charge in [0.15, 0.2) is 0 Å². The van der Waals surface area contributed by atoms with E-state index in [4.69, 9.17) is 4.74 Å². The van der Waals surface area contributed by atoms with E-state index in [0.717, 1.165) is 67.4 Å². The molecule has 2 fully saturated rings.